The molecule has 6 atom stereocenters. The van der Waals surface area contributed by atoms with E-state index in [4.69, 9.17) is 9.15 Å². The smallest absolute Gasteiger partial charge is 0.312 e. The van der Waals surface area contributed by atoms with Gasteiger partial charge in [0.15, 0.2) is 0 Å². The first-order valence-corrected chi connectivity index (χ1v) is 9.26. The average molecular weight is 332 g/mol. The van der Waals surface area contributed by atoms with Crippen LogP contribution in [0.5, 0.6) is 0 Å². The third kappa shape index (κ3) is 1.92. The summed E-state index contributed by atoms with van der Waals surface area (Å²) in [6.07, 6.45) is 8.51. The predicted octanol–water partition coefficient (Wildman–Crippen LogP) is 3.72. The monoisotopic (exact) mass is 332 g/mol. The molecule has 132 valence electrons. The van der Waals surface area contributed by atoms with Crippen LogP contribution in [0, 0.1) is 22.7 Å². The van der Waals surface area contributed by atoms with Crippen LogP contribution >= 0.6 is 0 Å². The Kier molecular flexibility index (Phi) is 3.44. The quantitative estimate of drug-likeness (QED) is 0.857. The molecule has 2 saturated carbocycles. The summed E-state index contributed by atoms with van der Waals surface area (Å²) in [6.45, 7) is 6.38. The van der Waals surface area contributed by atoms with Crippen molar-refractivity contribution in [3.8, 4) is 0 Å². The molecule has 3 aliphatic rings. The molecule has 1 aromatic rings. The summed E-state index contributed by atoms with van der Waals surface area (Å²) in [5.41, 5.74) is -0.362. The predicted molar refractivity (Wildman–Crippen MR) is 89.2 cm³/mol. The van der Waals surface area contributed by atoms with Crippen LogP contribution < -0.4 is 0 Å². The number of carbonyl (C=O) groups is 1. The van der Waals surface area contributed by atoms with Gasteiger partial charge in [-0.3, -0.25) is 4.79 Å². The van der Waals surface area contributed by atoms with Gasteiger partial charge in [0.2, 0.25) is 0 Å². The van der Waals surface area contributed by atoms with E-state index >= 15 is 0 Å². The number of aliphatic hydroxyl groups is 1. The molecule has 0 amide bonds. The van der Waals surface area contributed by atoms with Gasteiger partial charge in [0.25, 0.3) is 0 Å². The van der Waals surface area contributed by atoms with Gasteiger partial charge in [-0.25, -0.2) is 0 Å². The first-order valence-electron chi connectivity index (χ1n) is 9.26. The molecule has 4 nitrogen and oxygen atoms in total. The minimum Gasteiger partial charge on any atom is -0.472 e. The van der Waals surface area contributed by atoms with Crippen LogP contribution in [0.1, 0.15) is 58.4 Å². The fourth-order valence-corrected chi connectivity index (χ4v) is 6.30. The highest BCUT2D eigenvalue weighted by Gasteiger charge is 2.70. The van der Waals surface area contributed by atoms with Crippen molar-refractivity contribution in [3.05, 3.63) is 24.2 Å². The van der Waals surface area contributed by atoms with Crippen molar-refractivity contribution >= 4 is 5.97 Å². The van der Waals surface area contributed by atoms with Crippen molar-refractivity contribution in [1.82, 2.24) is 0 Å². The normalized spacial score (nSPS) is 47.3. The molecule has 2 heterocycles. The molecule has 3 fully saturated rings. The van der Waals surface area contributed by atoms with Crippen molar-refractivity contribution in [2.45, 2.75) is 71.0 Å². The maximum Gasteiger partial charge on any atom is 0.312 e. The van der Waals surface area contributed by atoms with Gasteiger partial charge < -0.3 is 14.3 Å². The van der Waals surface area contributed by atoms with Crippen LogP contribution in [0.4, 0.5) is 0 Å². The molecule has 0 spiro atoms. The Morgan fingerprint density at radius 3 is 2.83 bits per heavy atom. The second kappa shape index (κ2) is 5.10. The van der Waals surface area contributed by atoms with Crippen molar-refractivity contribution in [3.63, 3.8) is 0 Å². The Hall–Kier alpha value is -1.29. The molecule has 0 radical (unpaired) electrons. The van der Waals surface area contributed by atoms with E-state index in [1.54, 1.807) is 12.5 Å². The van der Waals surface area contributed by atoms with Gasteiger partial charge in [0.1, 0.15) is 6.10 Å². The highest BCUT2D eigenvalue weighted by molar-refractivity contribution is 5.80. The maximum absolute atomic E-state index is 12.6. The molecule has 0 aromatic carbocycles. The first-order chi connectivity index (χ1) is 11.3. The number of rotatable bonds is 3. The van der Waals surface area contributed by atoms with Crippen LogP contribution in [-0.4, -0.2) is 22.8 Å². The molecule has 0 unspecified atom stereocenters. The molecule has 24 heavy (non-hydrogen) atoms. The molecule has 1 aromatic heterocycles. The summed E-state index contributed by atoms with van der Waals surface area (Å²) in [5.74, 6) is 0.190. The third-order valence-corrected chi connectivity index (χ3v) is 7.63. The standard InChI is InChI=1S/C20H28O4/c1-13-11-15-16-18(2,17(21)24-15)7-4-8-19(16,3)20(13,22)9-5-14-6-10-23-12-14/h6,10,12-13,15-16,22H,4-5,7-9,11H2,1-3H3/t13-,15-,16-,18+,19-,20-/m1/s1. The summed E-state index contributed by atoms with van der Waals surface area (Å²) >= 11 is 0. The van der Waals surface area contributed by atoms with Crippen LogP contribution in [-0.2, 0) is 16.0 Å². The first kappa shape index (κ1) is 16.2. The average Bonchev–Trinajstić information content (AvgIpc) is 3.12. The Bertz CT molecular complexity index is 638. The molecule has 4 heteroatoms. The second-order valence-corrected chi connectivity index (χ2v) is 8.80. The highest BCUT2D eigenvalue weighted by atomic mass is 16.6. The van der Waals surface area contributed by atoms with E-state index < -0.39 is 11.0 Å². The van der Waals surface area contributed by atoms with E-state index in [1.807, 2.05) is 6.07 Å². The lowest BCUT2D eigenvalue weighted by Crippen LogP contribution is -2.65. The van der Waals surface area contributed by atoms with Gasteiger partial charge in [-0.2, -0.15) is 0 Å². The van der Waals surface area contributed by atoms with Crippen LogP contribution in [0.25, 0.3) is 0 Å². The molecule has 2 aliphatic carbocycles. The molecule has 1 aliphatic heterocycles. The van der Waals surface area contributed by atoms with Crippen LogP contribution in [0.3, 0.4) is 0 Å². The number of esters is 1. The summed E-state index contributed by atoms with van der Waals surface area (Å²) in [7, 11) is 0. The van der Waals surface area contributed by atoms with Gasteiger partial charge >= 0.3 is 5.97 Å². The third-order valence-electron chi connectivity index (χ3n) is 7.63. The number of hydrogen-bond donors (Lipinski definition) is 1. The topological polar surface area (TPSA) is 59.7 Å². The summed E-state index contributed by atoms with van der Waals surface area (Å²) in [4.78, 5) is 12.6. The zero-order valence-electron chi connectivity index (χ0n) is 14.9. The van der Waals surface area contributed by atoms with Gasteiger partial charge in [-0.05, 0) is 56.6 Å². The molecule has 4 rings (SSSR count). The van der Waals surface area contributed by atoms with Gasteiger partial charge in [0, 0.05) is 11.3 Å². The Morgan fingerprint density at radius 2 is 2.12 bits per heavy atom. The molecule has 1 N–H and O–H groups in total. The molecular weight excluding hydrogens is 304 g/mol. The summed E-state index contributed by atoms with van der Waals surface area (Å²) in [5, 5.41) is 11.9. The number of furan rings is 1. The van der Waals surface area contributed by atoms with E-state index in [0.717, 1.165) is 37.7 Å². The fourth-order valence-electron chi connectivity index (χ4n) is 6.30. The maximum atomic E-state index is 12.6. The van der Waals surface area contributed by atoms with Crippen molar-refractivity contribution in [1.29, 1.82) is 0 Å². The SMILES string of the molecule is C[C@@H]1C[C@H]2OC(=O)[C@@]3(C)CCC[C@](C)([C@H]23)[C@@]1(O)CCc1ccoc1. The van der Waals surface area contributed by atoms with Crippen LogP contribution in [0.15, 0.2) is 23.0 Å². The van der Waals surface area contributed by atoms with Crippen LogP contribution in [0.2, 0.25) is 0 Å². The van der Waals surface area contributed by atoms with E-state index in [9.17, 15) is 9.90 Å². The summed E-state index contributed by atoms with van der Waals surface area (Å²) < 4.78 is 11.0. The lowest BCUT2D eigenvalue weighted by molar-refractivity contribution is -0.217. The minimum atomic E-state index is -0.777. The second-order valence-electron chi connectivity index (χ2n) is 8.80. The van der Waals surface area contributed by atoms with E-state index in [-0.39, 0.29) is 29.3 Å². The Labute approximate surface area is 143 Å². The van der Waals surface area contributed by atoms with Crippen molar-refractivity contribution in [2.24, 2.45) is 22.7 Å². The van der Waals surface area contributed by atoms with E-state index in [1.165, 1.54) is 0 Å². The Morgan fingerprint density at radius 1 is 1.33 bits per heavy atom. The molecular formula is C20H28O4. The summed E-state index contributed by atoms with van der Waals surface area (Å²) in [6, 6.07) is 1.97. The number of aryl methyl sites for hydroxylation is 1. The highest BCUT2D eigenvalue weighted by Crippen LogP contribution is 2.67. The number of carbonyl (C=O) groups excluding carboxylic acids is 1. The zero-order valence-corrected chi connectivity index (χ0v) is 14.9. The largest absolute Gasteiger partial charge is 0.472 e. The van der Waals surface area contributed by atoms with Gasteiger partial charge in [-0.15, -0.1) is 0 Å². The van der Waals surface area contributed by atoms with Gasteiger partial charge in [0.05, 0.1) is 23.5 Å². The van der Waals surface area contributed by atoms with Crippen molar-refractivity contribution < 1.29 is 19.1 Å². The lowest BCUT2D eigenvalue weighted by atomic mass is 9.44. The molecule has 1 saturated heterocycles. The van der Waals surface area contributed by atoms with E-state index in [0.29, 0.717) is 6.42 Å². The van der Waals surface area contributed by atoms with Crippen molar-refractivity contribution in [2.75, 3.05) is 0 Å². The van der Waals surface area contributed by atoms with E-state index in [2.05, 4.69) is 20.8 Å². The zero-order chi connectivity index (χ0) is 17.2. The number of ether oxygens (including phenoxy) is 1. The minimum absolute atomic E-state index is 0.0306. The van der Waals surface area contributed by atoms with Gasteiger partial charge in [-0.1, -0.05) is 20.3 Å². The molecule has 0 bridgehead atoms. The fraction of sp³-hybridized carbons (Fsp3) is 0.750. The lowest BCUT2D eigenvalue weighted by Gasteiger charge is -2.61. The number of hydrogen-bond acceptors (Lipinski definition) is 4. The Balaban J connectivity index is 1.70.